The molecule has 18 heavy (non-hydrogen) atoms. The molecular formula is C13H15Cl2NO2. The number of carbonyl (C=O) groups excluding carboxylic acids is 1. The second-order valence-corrected chi connectivity index (χ2v) is 5.12. The molecule has 0 aromatic heterocycles. The molecule has 2 rings (SSSR count). The topological polar surface area (TPSA) is 29.5 Å². The predicted octanol–water partition coefficient (Wildman–Crippen LogP) is 3.38. The van der Waals surface area contributed by atoms with Gasteiger partial charge in [-0.1, -0.05) is 23.2 Å². The average Bonchev–Trinajstić information content (AvgIpc) is 3.13. The van der Waals surface area contributed by atoms with Crippen molar-refractivity contribution in [3.63, 3.8) is 0 Å². The summed E-state index contributed by atoms with van der Waals surface area (Å²) in [5.41, 5.74) is 0. The van der Waals surface area contributed by atoms with Crippen molar-refractivity contribution < 1.29 is 9.53 Å². The van der Waals surface area contributed by atoms with Gasteiger partial charge in [0, 0.05) is 17.6 Å². The minimum atomic E-state index is 0.00557. The lowest BCUT2D eigenvalue weighted by Crippen LogP contribution is -2.36. The van der Waals surface area contributed by atoms with Gasteiger partial charge in [0.2, 0.25) is 0 Å². The van der Waals surface area contributed by atoms with Crippen LogP contribution >= 0.6 is 23.2 Å². The Morgan fingerprint density at radius 1 is 1.44 bits per heavy atom. The SMILES string of the molecule is CCN(C(=O)COc1ccc(Cl)cc1Cl)C1CC1. The predicted molar refractivity (Wildman–Crippen MR) is 72.4 cm³/mol. The molecule has 0 heterocycles. The van der Waals surface area contributed by atoms with Crippen molar-refractivity contribution in [2.45, 2.75) is 25.8 Å². The van der Waals surface area contributed by atoms with Crippen LogP contribution in [-0.4, -0.2) is 30.0 Å². The number of ether oxygens (including phenoxy) is 1. The first-order valence-corrected chi connectivity index (χ1v) is 6.74. The van der Waals surface area contributed by atoms with Crippen LogP contribution in [0.4, 0.5) is 0 Å². The largest absolute Gasteiger partial charge is 0.482 e. The van der Waals surface area contributed by atoms with Crippen LogP contribution in [0.15, 0.2) is 18.2 Å². The molecule has 5 heteroatoms. The second-order valence-electron chi connectivity index (χ2n) is 4.27. The Kier molecular flexibility index (Phi) is 4.36. The van der Waals surface area contributed by atoms with Gasteiger partial charge < -0.3 is 9.64 Å². The van der Waals surface area contributed by atoms with Gasteiger partial charge in [0.15, 0.2) is 6.61 Å². The lowest BCUT2D eigenvalue weighted by molar-refractivity contribution is -0.133. The summed E-state index contributed by atoms with van der Waals surface area (Å²) in [6.07, 6.45) is 2.20. The number of likely N-dealkylation sites (N-methyl/N-ethyl adjacent to an activating group) is 1. The smallest absolute Gasteiger partial charge is 0.260 e. The molecule has 98 valence electrons. The first-order valence-electron chi connectivity index (χ1n) is 5.99. The Bertz CT molecular complexity index is 447. The van der Waals surface area contributed by atoms with Gasteiger partial charge >= 0.3 is 0 Å². The third-order valence-electron chi connectivity index (χ3n) is 2.89. The van der Waals surface area contributed by atoms with Gasteiger partial charge in [-0.15, -0.1) is 0 Å². The molecule has 1 amide bonds. The Hall–Kier alpha value is -0.930. The van der Waals surface area contributed by atoms with Crippen LogP contribution in [0.1, 0.15) is 19.8 Å². The molecule has 1 aromatic carbocycles. The van der Waals surface area contributed by atoms with Crippen LogP contribution < -0.4 is 4.74 Å². The number of rotatable bonds is 5. The minimum absolute atomic E-state index is 0.00557. The van der Waals surface area contributed by atoms with Crippen molar-refractivity contribution in [3.05, 3.63) is 28.2 Å². The monoisotopic (exact) mass is 287 g/mol. The van der Waals surface area contributed by atoms with E-state index in [1.165, 1.54) is 0 Å². The maximum Gasteiger partial charge on any atom is 0.260 e. The van der Waals surface area contributed by atoms with Crippen molar-refractivity contribution in [2.75, 3.05) is 13.2 Å². The van der Waals surface area contributed by atoms with Gasteiger partial charge in [-0.3, -0.25) is 4.79 Å². The standard InChI is InChI=1S/C13H15Cl2NO2/c1-2-16(10-4-5-10)13(17)8-18-12-6-3-9(14)7-11(12)15/h3,6-7,10H,2,4-5,8H2,1H3. The third kappa shape index (κ3) is 3.30. The fourth-order valence-corrected chi connectivity index (χ4v) is 2.30. The number of nitrogens with zero attached hydrogens (tertiary/aromatic N) is 1. The summed E-state index contributed by atoms with van der Waals surface area (Å²) in [6, 6.07) is 5.37. The van der Waals surface area contributed by atoms with E-state index in [1.54, 1.807) is 18.2 Å². The first-order chi connectivity index (χ1) is 8.61. The van der Waals surface area contributed by atoms with E-state index in [2.05, 4.69) is 0 Å². The van der Waals surface area contributed by atoms with Crippen molar-refractivity contribution in [3.8, 4) is 5.75 Å². The molecule has 0 bridgehead atoms. The zero-order valence-electron chi connectivity index (χ0n) is 10.2. The lowest BCUT2D eigenvalue weighted by atomic mass is 10.3. The fourth-order valence-electron chi connectivity index (χ4n) is 1.84. The van der Waals surface area contributed by atoms with Crippen LogP contribution in [0.5, 0.6) is 5.75 Å². The van der Waals surface area contributed by atoms with Crippen LogP contribution in [0.25, 0.3) is 0 Å². The molecule has 0 aliphatic heterocycles. The Labute approximate surface area is 117 Å². The molecule has 0 atom stereocenters. The molecule has 1 fully saturated rings. The van der Waals surface area contributed by atoms with E-state index in [-0.39, 0.29) is 12.5 Å². The Morgan fingerprint density at radius 3 is 2.72 bits per heavy atom. The fraction of sp³-hybridized carbons (Fsp3) is 0.462. The van der Waals surface area contributed by atoms with Gasteiger partial charge in [-0.25, -0.2) is 0 Å². The highest BCUT2D eigenvalue weighted by atomic mass is 35.5. The summed E-state index contributed by atoms with van der Waals surface area (Å²) in [7, 11) is 0. The maximum absolute atomic E-state index is 11.9. The molecule has 0 saturated heterocycles. The van der Waals surface area contributed by atoms with E-state index in [4.69, 9.17) is 27.9 Å². The van der Waals surface area contributed by atoms with Gasteiger partial charge in [0.05, 0.1) is 5.02 Å². The van der Waals surface area contributed by atoms with Gasteiger partial charge in [0.1, 0.15) is 5.75 Å². The maximum atomic E-state index is 11.9. The molecule has 3 nitrogen and oxygen atoms in total. The van der Waals surface area contributed by atoms with E-state index >= 15 is 0 Å². The summed E-state index contributed by atoms with van der Waals surface area (Å²) in [6.45, 7) is 2.72. The highest BCUT2D eigenvalue weighted by Crippen LogP contribution is 2.29. The summed E-state index contributed by atoms with van der Waals surface area (Å²) in [4.78, 5) is 13.8. The normalized spacial score (nSPS) is 14.4. The summed E-state index contributed by atoms with van der Waals surface area (Å²) < 4.78 is 5.43. The zero-order valence-corrected chi connectivity index (χ0v) is 11.7. The van der Waals surface area contributed by atoms with E-state index < -0.39 is 0 Å². The van der Waals surface area contributed by atoms with Crippen LogP contribution in [0.2, 0.25) is 10.0 Å². The molecule has 0 radical (unpaired) electrons. The lowest BCUT2D eigenvalue weighted by Gasteiger charge is -2.20. The molecule has 1 aromatic rings. The first kappa shape index (κ1) is 13.5. The van der Waals surface area contributed by atoms with Crippen molar-refractivity contribution in [1.29, 1.82) is 0 Å². The zero-order chi connectivity index (χ0) is 13.1. The quantitative estimate of drug-likeness (QED) is 0.831. The van der Waals surface area contributed by atoms with Gasteiger partial charge in [-0.05, 0) is 38.0 Å². The number of hydrogen-bond donors (Lipinski definition) is 0. The number of hydrogen-bond acceptors (Lipinski definition) is 2. The van der Waals surface area contributed by atoms with Crippen LogP contribution in [-0.2, 0) is 4.79 Å². The third-order valence-corrected chi connectivity index (χ3v) is 3.42. The van der Waals surface area contributed by atoms with Crippen LogP contribution in [0, 0.1) is 0 Å². The second kappa shape index (κ2) is 5.81. The molecule has 1 saturated carbocycles. The van der Waals surface area contributed by atoms with Gasteiger partial charge in [-0.2, -0.15) is 0 Å². The minimum Gasteiger partial charge on any atom is -0.482 e. The van der Waals surface area contributed by atoms with Gasteiger partial charge in [0.25, 0.3) is 5.91 Å². The molecular weight excluding hydrogens is 273 g/mol. The number of amides is 1. The number of halogens is 2. The number of benzene rings is 1. The number of carbonyl (C=O) groups is 1. The molecule has 0 spiro atoms. The summed E-state index contributed by atoms with van der Waals surface area (Å²) in [5, 5.41) is 0.969. The summed E-state index contributed by atoms with van der Waals surface area (Å²) in [5.74, 6) is 0.493. The van der Waals surface area contributed by atoms with E-state index in [0.717, 1.165) is 19.4 Å². The van der Waals surface area contributed by atoms with E-state index in [0.29, 0.717) is 21.8 Å². The van der Waals surface area contributed by atoms with Crippen LogP contribution in [0.3, 0.4) is 0 Å². The molecule has 0 N–H and O–H groups in total. The molecule has 1 aliphatic carbocycles. The average molecular weight is 288 g/mol. The Morgan fingerprint density at radius 2 is 2.17 bits per heavy atom. The van der Waals surface area contributed by atoms with Crippen molar-refractivity contribution in [1.82, 2.24) is 4.90 Å². The van der Waals surface area contributed by atoms with Crippen molar-refractivity contribution in [2.24, 2.45) is 0 Å². The van der Waals surface area contributed by atoms with Crippen molar-refractivity contribution >= 4 is 29.1 Å². The Balaban J connectivity index is 1.92. The van der Waals surface area contributed by atoms with E-state index in [9.17, 15) is 4.79 Å². The highest BCUT2D eigenvalue weighted by molar-refractivity contribution is 6.35. The highest BCUT2D eigenvalue weighted by Gasteiger charge is 2.31. The summed E-state index contributed by atoms with van der Waals surface area (Å²) >= 11 is 11.8. The molecule has 0 unspecified atom stereocenters. The van der Waals surface area contributed by atoms with E-state index in [1.807, 2.05) is 11.8 Å². The molecule has 1 aliphatic rings.